The molecule has 1 N–H and O–H groups in total. The van der Waals surface area contributed by atoms with E-state index >= 15 is 0 Å². The molecule has 4 heterocycles. The van der Waals surface area contributed by atoms with Gasteiger partial charge in [0, 0.05) is 45.4 Å². The zero-order chi connectivity index (χ0) is 28.2. The number of nitrogens with zero attached hydrogens (tertiary/aromatic N) is 6. The van der Waals surface area contributed by atoms with Crippen molar-refractivity contribution in [1.29, 1.82) is 0 Å². The molecule has 12 heteroatoms. The summed E-state index contributed by atoms with van der Waals surface area (Å²) in [4.78, 5) is 18.5. The fourth-order valence-corrected chi connectivity index (χ4v) is 6.40. The van der Waals surface area contributed by atoms with E-state index in [1.165, 1.54) is 4.57 Å². The summed E-state index contributed by atoms with van der Waals surface area (Å²) in [6.45, 7) is 6.43. The lowest BCUT2D eigenvalue weighted by Gasteiger charge is -2.43. The Bertz CT molecular complexity index is 1290. The number of hydrogen-bond acceptors (Lipinski definition) is 9. The maximum atomic E-state index is 14.1. The van der Waals surface area contributed by atoms with Gasteiger partial charge in [0.25, 0.3) is 6.43 Å². The molecule has 3 aliphatic rings. The summed E-state index contributed by atoms with van der Waals surface area (Å²) in [5.41, 5.74) is 1.10. The highest BCUT2D eigenvalue weighted by Gasteiger charge is 2.32. The predicted molar refractivity (Wildman–Crippen MR) is 152 cm³/mol. The van der Waals surface area contributed by atoms with Crippen molar-refractivity contribution in [3.63, 3.8) is 0 Å². The van der Waals surface area contributed by atoms with Crippen LogP contribution >= 0.6 is 0 Å². The first kappa shape index (κ1) is 28.2. The molecular weight excluding hydrogens is 532 g/mol. The van der Waals surface area contributed by atoms with E-state index in [9.17, 15) is 8.78 Å². The molecule has 222 valence electrons. The molecule has 2 saturated heterocycles. The number of rotatable bonds is 9. The molecule has 0 unspecified atom stereocenters. The van der Waals surface area contributed by atoms with Gasteiger partial charge in [-0.25, -0.2) is 13.8 Å². The Morgan fingerprint density at radius 2 is 1.73 bits per heavy atom. The second-order valence-electron chi connectivity index (χ2n) is 11.1. The third-order valence-corrected chi connectivity index (χ3v) is 8.51. The summed E-state index contributed by atoms with van der Waals surface area (Å²) in [7, 11) is 1.75. The van der Waals surface area contributed by atoms with Gasteiger partial charge >= 0.3 is 0 Å². The smallest absolute Gasteiger partial charge is 0.296 e. The zero-order valence-electron chi connectivity index (χ0n) is 23.6. The average molecular weight is 572 g/mol. The second-order valence-corrected chi connectivity index (χ2v) is 11.1. The van der Waals surface area contributed by atoms with Crippen molar-refractivity contribution in [2.75, 3.05) is 76.5 Å². The monoisotopic (exact) mass is 571 g/mol. The van der Waals surface area contributed by atoms with E-state index in [0.29, 0.717) is 79.5 Å². The van der Waals surface area contributed by atoms with Gasteiger partial charge in [-0.05, 0) is 43.7 Å². The van der Waals surface area contributed by atoms with Crippen LogP contribution in [0.1, 0.15) is 37.9 Å². The Morgan fingerprint density at radius 3 is 2.51 bits per heavy atom. The first-order valence-corrected chi connectivity index (χ1v) is 14.6. The number of fused-ring (bicyclic) bond motifs is 1. The van der Waals surface area contributed by atoms with E-state index < -0.39 is 6.43 Å². The van der Waals surface area contributed by atoms with Crippen LogP contribution in [0.3, 0.4) is 0 Å². The minimum Gasteiger partial charge on any atom is -0.383 e. The number of halogens is 2. The lowest BCUT2D eigenvalue weighted by Crippen LogP contribution is -2.53. The van der Waals surface area contributed by atoms with E-state index in [0.717, 1.165) is 52.0 Å². The van der Waals surface area contributed by atoms with Crippen molar-refractivity contribution >= 4 is 22.8 Å². The Hall–Kier alpha value is -2.93. The van der Waals surface area contributed by atoms with Crippen molar-refractivity contribution < 1.29 is 23.0 Å². The number of imidazole rings is 1. The van der Waals surface area contributed by atoms with Crippen molar-refractivity contribution in [3.8, 4) is 5.82 Å². The van der Waals surface area contributed by atoms with Gasteiger partial charge in [0.1, 0.15) is 11.6 Å². The number of ether oxygens (including phenoxy) is 3. The maximum Gasteiger partial charge on any atom is 0.296 e. The van der Waals surface area contributed by atoms with Crippen molar-refractivity contribution in [2.24, 2.45) is 5.92 Å². The third-order valence-electron chi connectivity index (χ3n) is 8.51. The van der Waals surface area contributed by atoms with E-state index in [2.05, 4.69) is 20.1 Å². The minimum atomic E-state index is -2.74. The lowest BCUT2D eigenvalue weighted by molar-refractivity contribution is -0.0614. The number of aromatic nitrogens is 4. The molecule has 1 aromatic carbocycles. The molecule has 6 rings (SSSR count). The van der Waals surface area contributed by atoms with Crippen LogP contribution in [0.2, 0.25) is 0 Å². The molecule has 0 radical (unpaired) electrons. The largest absolute Gasteiger partial charge is 0.383 e. The van der Waals surface area contributed by atoms with E-state index in [4.69, 9.17) is 24.2 Å². The highest BCUT2D eigenvalue weighted by molar-refractivity contribution is 5.78. The molecule has 0 spiro atoms. The number of benzene rings is 1. The fourth-order valence-electron chi connectivity index (χ4n) is 6.40. The molecule has 1 saturated carbocycles. The van der Waals surface area contributed by atoms with Crippen LogP contribution < -0.4 is 10.2 Å². The number of anilines is 2. The third kappa shape index (κ3) is 6.30. The Morgan fingerprint density at radius 1 is 0.976 bits per heavy atom. The van der Waals surface area contributed by atoms with Gasteiger partial charge in [0.2, 0.25) is 5.95 Å². The summed E-state index contributed by atoms with van der Waals surface area (Å²) in [6, 6.07) is 9.80. The second kappa shape index (κ2) is 12.9. The lowest BCUT2D eigenvalue weighted by atomic mass is 9.84. The molecule has 41 heavy (non-hydrogen) atoms. The van der Waals surface area contributed by atoms with Gasteiger partial charge in [-0.1, -0.05) is 12.1 Å². The first-order chi connectivity index (χ1) is 20.1. The predicted octanol–water partition coefficient (Wildman–Crippen LogP) is 3.91. The SMILES string of the molecule is COC[C@@H]1COCCN1C1CCC(CNc2nc(N3CCOCC3)cc(-n3c(C(F)F)nc4ccccc43)n2)CC1. The summed E-state index contributed by atoms with van der Waals surface area (Å²) >= 11 is 0. The first-order valence-electron chi connectivity index (χ1n) is 14.6. The van der Waals surface area contributed by atoms with Crippen molar-refractivity contribution in [1.82, 2.24) is 24.4 Å². The van der Waals surface area contributed by atoms with Gasteiger partial charge in [-0.3, -0.25) is 9.47 Å². The Balaban J connectivity index is 1.20. The number of para-hydroxylation sites is 2. The Kier molecular flexibility index (Phi) is 8.90. The quantitative estimate of drug-likeness (QED) is 0.411. The molecule has 10 nitrogen and oxygen atoms in total. The molecular formula is C29H39F2N7O3. The molecule has 3 fully saturated rings. The van der Waals surface area contributed by atoms with E-state index in [1.807, 2.05) is 6.07 Å². The Labute approximate surface area is 239 Å². The molecule has 1 aliphatic carbocycles. The van der Waals surface area contributed by atoms with Gasteiger partial charge < -0.3 is 24.4 Å². The highest BCUT2D eigenvalue weighted by atomic mass is 19.3. The molecule has 2 aliphatic heterocycles. The summed E-state index contributed by atoms with van der Waals surface area (Å²) < 4.78 is 46.4. The average Bonchev–Trinajstić information content (AvgIpc) is 3.41. The summed E-state index contributed by atoms with van der Waals surface area (Å²) in [5, 5.41) is 3.46. The summed E-state index contributed by atoms with van der Waals surface area (Å²) in [6.07, 6.45) is 1.72. The number of methoxy groups -OCH3 is 1. The van der Waals surface area contributed by atoms with Crippen LogP contribution in [-0.2, 0) is 14.2 Å². The highest BCUT2D eigenvalue weighted by Crippen LogP contribution is 2.31. The normalized spacial score (nSPS) is 24.3. The maximum absolute atomic E-state index is 14.1. The molecule has 2 aromatic heterocycles. The zero-order valence-corrected chi connectivity index (χ0v) is 23.6. The number of hydrogen-bond donors (Lipinski definition) is 1. The van der Waals surface area contributed by atoms with Gasteiger partial charge in [0.15, 0.2) is 5.82 Å². The fraction of sp³-hybridized carbons (Fsp3) is 0.621. The summed E-state index contributed by atoms with van der Waals surface area (Å²) in [5.74, 6) is 1.68. The molecule has 0 amide bonds. The van der Waals surface area contributed by atoms with Crippen LogP contribution in [0.5, 0.6) is 0 Å². The van der Waals surface area contributed by atoms with Crippen LogP contribution in [0.25, 0.3) is 16.9 Å². The molecule has 1 atom stereocenters. The molecule has 0 bridgehead atoms. The van der Waals surface area contributed by atoms with Crippen LogP contribution in [0.4, 0.5) is 20.5 Å². The standard InChI is InChI=1S/C29H39F2N7O3/c1-39-18-22-19-41-15-12-37(22)21-8-6-20(7-9-21)17-32-29-34-25(36-10-13-40-14-11-36)16-26(35-29)38-24-5-3-2-4-23(24)33-28(38)27(30)31/h2-5,16,20-22,27H,6-15,17-19H2,1H3,(H,32,34,35)/t20?,21?,22-/m1/s1. The van der Waals surface area contributed by atoms with Crippen LogP contribution in [0.15, 0.2) is 30.3 Å². The number of alkyl halides is 2. The molecule has 3 aromatic rings. The minimum absolute atomic E-state index is 0.320. The van der Waals surface area contributed by atoms with Crippen molar-refractivity contribution in [3.05, 3.63) is 36.2 Å². The van der Waals surface area contributed by atoms with Crippen molar-refractivity contribution in [2.45, 2.75) is 44.2 Å². The van der Waals surface area contributed by atoms with E-state index in [-0.39, 0.29) is 5.82 Å². The van der Waals surface area contributed by atoms with Crippen LogP contribution in [-0.4, -0.2) is 103 Å². The topological polar surface area (TPSA) is 89.8 Å². The van der Waals surface area contributed by atoms with Crippen LogP contribution in [0, 0.1) is 5.92 Å². The van der Waals surface area contributed by atoms with E-state index in [1.54, 1.807) is 31.4 Å². The van der Waals surface area contributed by atoms with Gasteiger partial charge in [-0.15, -0.1) is 0 Å². The van der Waals surface area contributed by atoms with Gasteiger partial charge in [-0.2, -0.15) is 9.97 Å². The van der Waals surface area contributed by atoms with Gasteiger partial charge in [0.05, 0.1) is 50.1 Å². The number of nitrogens with one attached hydrogen (secondary N) is 1. The number of morpholine rings is 2.